The average molecular weight is 307 g/mol. The number of carbonyl (C=O) groups excluding carboxylic acids is 1. The number of nitrogens with zero attached hydrogens (tertiary/aromatic N) is 2. The van der Waals surface area contributed by atoms with Gasteiger partial charge in [0.25, 0.3) is 5.22 Å². The van der Waals surface area contributed by atoms with Crippen LogP contribution in [0.4, 0.5) is 0 Å². The number of hydrogen-bond donors (Lipinski definition) is 1. The minimum atomic E-state index is -0.0638. The summed E-state index contributed by atoms with van der Waals surface area (Å²) in [6.45, 7) is 4.42. The van der Waals surface area contributed by atoms with Gasteiger partial charge in [-0.2, -0.15) is 0 Å². The van der Waals surface area contributed by atoms with Crippen LogP contribution in [0.3, 0.4) is 0 Å². The van der Waals surface area contributed by atoms with Crippen LogP contribution in [0.1, 0.15) is 13.8 Å². The number of benzene rings is 1. The van der Waals surface area contributed by atoms with Crippen molar-refractivity contribution in [3.63, 3.8) is 0 Å². The van der Waals surface area contributed by atoms with E-state index >= 15 is 0 Å². The number of rotatable bonds is 7. The van der Waals surface area contributed by atoms with E-state index < -0.39 is 0 Å². The van der Waals surface area contributed by atoms with Crippen LogP contribution in [0, 0.1) is 0 Å². The third kappa shape index (κ3) is 4.78. The first-order valence-electron chi connectivity index (χ1n) is 6.63. The molecule has 1 heterocycles. The maximum absolute atomic E-state index is 10.7. The minimum Gasteiger partial charge on any atom is -0.492 e. The number of ether oxygens (including phenoxy) is 1. The van der Waals surface area contributed by atoms with Gasteiger partial charge < -0.3 is 14.5 Å². The molecule has 1 N–H and O–H groups in total. The maximum Gasteiger partial charge on any atom is 0.276 e. The van der Waals surface area contributed by atoms with Crippen molar-refractivity contribution in [3.05, 3.63) is 24.3 Å². The largest absolute Gasteiger partial charge is 0.492 e. The maximum atomic E-state index is 10.7. The normalized spacial score (nSPS) is 10.4. The van der Waals surface area contributed by atoms with Gasteiger partial charge in [0.15, 0.2) is 0 Å². The molecule has 0 aliphatic heterocycles. The molecule has 1 amide bonds. The van der Waals surface area contributed by atoms with Crippen LogP contribution in [0.15, 0.2) is 33.9 Å². The fourth-order valence-corrected chi connectivity index (χ4v) is 2.08. The Bertz CT molecular complexity index is 583. The van der Waals surface area contributed by atoms with E-state index in [1.54, 1.807) is 0 Å². The Hall–Kier alpha value is -2.02. The van der Waals surface area contributed by atoms with E-state index in [2.05, 4.69) is 15.5 Å². The second-order valence-corrected chi connectivity index (χ2v) is 5.38. The van der Waals surface area contributed by atoms with Crippen LogP contribution in [-0.2, 0) is 4.79 Å². The van der Waals surface area contributed by atoms with Crippen LogP contribution in [0.25, 0.3) is 11.5 Å². The second-order valence-electron chi connectivity index (χ2n) is 4.16. The molecule has 1 aromatic carbocycles. The van der Waals surface area contributed by atoms with Gasteiger partial charge in [-0.05, 0) is 30.0 Å². The van der Waals surface area contributed by atoms with Crippen LogP contribution < -0.4 is 10.1 Å². The molecular formula is C14H17N3O3S. The molecule has 0 unspecified atom stereocenters. The standard InChI is InChI=1S/C14H17N3O3S/c1-3-21-14-17-16-13(20-14)11-4-6-12(7-5-11)19-9-8-15-10(2)18/h4-7H,3,8-9H2,1-2H3,(H,15,18). The zero-order valence-electron chi connectivity index (χ0n) is 12.0. The molecule has 2 rings (SSSR count). The van der Waals surface area contributed by atoms with Gasteiger partial charge in [-0.15, -0.1) is 10.2 Å². The Morgan fingerprint density at radius 3 is 2.76 bits per heavy atom. The molecule has 7 heteroatoms. The van der Waals surface area contributed by atoms with Gasteiger partial charge in [0.05, 0.1) is 6.54 Å². The number of carbonyl (C=O) groups is 1. The van der Waals surface area contributed by atoms with Crippen molar-refractivity contribution in [1.29, 1.82) is 0 Å². The highest BCUT2D eigenvalue weighted by Gasteiger charge is 2.08. The Morgan fingerprint density at radius 2 is 2.10 bits per heavy atom. The van der Waals surface area contributed by atoms with Crippen molar-refractivity contribution in [2.75, 3.05) is 18.9 Å². The SMILES string of the molecule is CCSc1nnc(-c2ccc(OCCNC(C)=O)cc2)o1. The Labute approximate surface area is 127 Å². The first-order valence-corrected chi connectivity index (χ1v) is 7.61. The van der Waals surface area contributed by atoms with Gasteiger partial charge in [0, 0.05) is 12.5 Å². The highest BCUT2D eigenvalue weighted by atomic mass is 32.2. The number of aromatic nitrogens is 2. The zero-order chi connectivity index (χ0) is 15.1. The Kier molecular flexibility index (Phi) is 5.62. The molecule has 0 radical (unpaired) electrons. The lowest BCUT2D eigenvalue weighted by atomic mass is 10.2. The number of nitrogens with one attached hydrogen (secondary N) is 1. The Balaban J connectivity index is 1.90. The predicted octanol–water partition coefficient (Wildman–Crippen LogP) is 2.36. The highest BCUT2D eigenvalue weighted by molar-refractivity contribution is 7.99. The van der Waals surface area contributed by atoms with Gasteiger partial charge >= 0.3 is 0 Å². The molecule has 0 aliphatic rings. The highest BCUT2D eigenvalue weighted by Crippen LogP contribution is 2.24. The fraction of sp³-hybridized carbons (Fsp3) is 0.357. The molecule has 21 heavy (non-hydrogen) atoms. The quantitative estimate of drug-likeness (QED) is 0.625. The molecule has 0 fully saturated rings. The topological polar surface area (TPSA) is 77.3 Å². The number of hydrogen-bond acceptors (Lipinski definition) is 6. The monoisotopic (exact) mass is 307 g/mol. The summed E-state index contributed by atoms with van der Waals surface area (Å²) in [6.07, 6.45) is 0. The summed E-state index contributed by atoms with van der Waals surface area (Å²) in [4.78, 5) is 10.7. The van der Waals surface area contributed by atoms with E-state index in [0.717, 1.165) is 17.1 Å². The third-order valence-electron chi connectivity index (χ3n) is 2.52. The first-order chi connectivity index (χ1) is 10.2. The molecule has 0 saturated carbocycles. The molecule has 0 aliphatic carbocycles. The third-order valence-corrected chi connectivity index (χ3v) is 3.22. The van der Waals surface area contributed by atoms with Gasteiger partial charge in [-0.1, -0.05) is 18.7 Å². The zero-order valence-corrected chi connectivity index (χ0v) is 12.8. The lowest BCUT2D eigenvalue weighted by Crippen LogP contribution is -2.25. The summed E-state index contributed by atoms with van der Waals surface area (Å²) < 4.78 is 11.0. The summed E-state index contributed by atoms with van der Waals surface area (Å²) in [7, 11) is 0. The van der Waals surface area contributed by atoms with E-state index in [1.165, 1.54) is 18.7 Å². The lowest BCUT2D eigenvalue weighted by molar-refractivity contribution is -0.119. The summed E-state index contributed by atoms with van der Waals surface area (Å²) in [5.41, 5.74) is 0.847. The summed E-state index contributed by atoms with van der Waals surface area (Å²) in [6, 6.07) is 7.39. The summed E-state index contributed by atoms with van der Waals surface area (Å²) in [5, 5.41) is 11.2. The van der Waals surface area contributed by atoms with Crippen molar-refractivity contribution < 1.29 is 13.9 Å². The number of amides is 1. The van der Waals surface area contributed by atoms with Gasteiger partial charge in [0.2, 0.25) is 11.8 Å². The van der Waals surface area contributed by atoms with E-state index in [-0.39, 0.29) is 5.91 Å². The van der Waals surface area contributed by atoms with Gasteiger partial charge in [-0.25, -0.2) is 0 Å². The fourth-order valence-electron chi connectivity index (χ4n) is 1.60. The van der Waals surface area contributed by atoms with E-state index in [9.17, 15) is 4.79 Å². The molecule has 2 aromatic rings. The molecule has 0 bridgehead atoms. The van der Waals surface area contributed by atoms with Crippen molar-refractivity contribution in [1.82, 2.24) is 15.5 Å². The van der Waals surface area contributed by atoms with E-state index in [1.807, 2.05) is 31.2 Å². The van der Waals surface area contributed by atoms with Crippen LogP contribution in [-0.4, -0.2) is 35.0 Å². The van der Waals surface area contributed by atoms with E-state index in [4.69, 9.17) is 9.15 Å². The van der Waals surface area contributed by atoms with Crippen LogP contribution >= 0.6 is 11.8 Å². The summed E-state index contributed by atoms with van der Waals surface area (Å²) in [5.74, 6) is 2.05. The van der Waals surface area contributed by atoms with Gasteiger partial charge in [-0.3, -0.25) is 4.79 Å². The molecule has 6 nitrogen and oxygen atoms in total. The molecule has 112 valence electrons. The van der Waals surface area contributed by atoms with Gasteiger partial charge in [0.1, 0.15) is 12.4 Å². The minimum absolute atomic E-state index is 0.0638. The van der Waals surface area contributed by atoms with E-state index in [0.29, 0.717) is 24.3 Å². The van der Waals surface area contributed by atoms with Crippen LogP contribution in [0.5, 0.6) is 5.75 Å². The molecule has 0 atom stereocenters. The lowest BCUT2D eigenvalue weighted by Gasteiger charge is -2.06. The smallest absolute Gasteiger partial charge is 0.276 e. The molecule has 0 spiro atoms. The molecular weight excluding hydrogens is 290 g/mol. The average Bonchev–Trinajstić information content (AvgIpc) is 2.93. The van der Waals surface area contributed by atoms with Crippen molar-refractivity contribution >= 4 is 17.7 Å². The second kappa shape index (κ2) is 7.68. The number of thioether (sulfide) groups is 1. The van der Waals surface area contributed by atoms with Crippen molar-refractivity contribution in [3.8, 4) is 17.2 Å². The molecule has 1 aromatic heterocycles. The first kappa shape index (κ1) is 15.4. The summed E-state index contributed by atoms with van der Waals surface area (Å²) >= 11 is 1.51. The van der Waals surface area contributed by atoms with Crippen LogP contribution in [0.2, 0.25) is 0 Å². The molecule has 0 saturated heterocycles. The van der Waals surface area contributed by atoms with Crippen molar-refractivity contribution in [2.24, 2.45) is 0 Å². The predicted molar refractivity (Wildman–Crippen MR) is 80.3 cm³/mol. The van der Waals surface area contributed by atoms with Crippen molar-refractivity contribution in [2.45, 2.75) is 19.1 Å². The Morgan fingerprint density at radius 1 is 1.33 bits per heavy atom.